The van der Waals surface area contributed by atoms with Crippen LogP contribution in [0.1, 0.15) is 43.8 Å². The molecular weight excluding hydrogens is 302 g/mol. The van der Waals surface area contributed by atoms with Crippen LogP contribution in [0.3, 0.4) is 0 Å². The summed E-state index contributed by atoms with van der Waals surface area (Å²) < 4.78 is 0. The van der Waals surface area contributed by atoms with Gasteiger partial charge in [-0.05, 0) is 18.3 Å². The van der Waals surface area contributed by atoms with Crippen molar-refractivity contribution < 1.29 is 14.7 Å². The van der Waals surface area contributed by atoms with Crippen molar-refractivity contribution in [2.75, 3.05) is 13.1 Å². The lowest BCUT2D eigenvalue weighted by molar-refractivity contribution is -0.143. The van der Waals surface area contributed by atoms with E-state index in [4.69, 9.17) is 5.11 Å². The van der Waals surface area contributed by atoms with Crippen LogP contribution in [0.25, 0.3) is 0 Å². The summed E-state index contributed by atoms with van der Waals surface area (Å²) in [5.41, 5.74) is 1.03. The summed E-state index contributed by atoms with van der Waals surface area (Å²) in [5, 5.41) is 14.9. The second kappa shape index (κ2) is 7.09. The van der Waals surface area contributed by atoms with Crippen LogP contribution < -0.4 is 5.32 Å². The van der Waals surface area contributed by atoms with Crippen LogP contribution in [0.4, 0.5) is 4.79 Å². The third-order valence-corrected chi connectivity index (χ3v) is 4.72. The average molecular weight is 325 g/mol. The number of likely N-dealkylation sites (tertiary alicyclic amines) is 1. The molecule has 1 aromatic rings. The number of nitrogens with one attached hydrogen (secondary N) is 1. The highest BCUT2D eigenvalue weighted by Crippen LogP contribution is 2.22. The lowest BCUT2D eigenvalue weighted by Gasteiger charge is -2.34. The summed E-state index contributed by atoms with van der Waals surface area (Å²) >= 11 is 1.53. The van der Waals surface area contributed by atoms with Crippen LogP contribution in [-0.2, 0) is 11.3 Å². The highest BCUT2D eigenvalue weighted by Gasteiger charge is 2.31. The first-order valence-corrected chi connectivity index (χ1v) is 8.44. The van der Waals surface area contributed by atoms with E-state index in [-0.39, 0.29) is 18.5 Å². The SMILES string of the molecule is CC1CC(C(=O)O)CN(C(=O)NCc2nc(C(C)C)cs2)C1. The fraction of sp³-hybridized carbons (Fsp3) is 0.667. The first-order valence-electron chi connectivity index (χ1n) is 7.56. The number of aliphatic carboxylic acids is 1. The van der Waals surface area contributed by atoms with Gasteiger partial charge in [-0.2, -0.15) is 0 Å². The molecule has 0 aliphatic carbocycles. The highest BCUT2D eigenvalue weighted by molar-refractivity contribution is 7.09. The molecule has 1 aliphatic heterocycles. The first kappa shape index (κ1) is 16.7. The van der Waals surface area contributed by atoms with E-state index in [1.165, 1.54) is 11.3 Å². The molecule has 1 fully saturated rings. The van der Waals surface area contributed by atoms with E-state index in [0.29, 0.717) is 25.4 Å². The number of nitrogens with zero attached hydrogens (tertiary/aromatic N) is 2. The van der Waals surface area contributed by atoms with Crippen molar-refractivity contribution in [3.05, 3.63) is 16.1 Å². The van der Waals surface area contributed by atoms with Gasteiger partial charge in [0.2, 0.25) is 0 Å². The minimum atomic E-state index is -0.828. The molecule has 122 valence electrons. The number of hydrogen-bond acceptors (Lipinski definition) is 4. The number of hydrogen-bond donors (Lipinski definition) is 2. The zero-order valence-electron chi connectivity index (χ0n) is 13.2. The third kappa shape index (κ3) is 4.19. The molecule has 0 aromatic carbocycles. The van der Waals surface area contributed by atoms with E-state index in [1.807, 2.05) is 12.3 Å². The monoisotopic (exact) mass is 325 g/mol. The molecule has 0 bridgehead atoms. The van der Waals surface area contributed by atoms with Crippen molar-refractivity contribution >= 4 is 23.3 Å². The first-order chi connectivity index (χ1) is 10.4. The van der Waals surface area contributed by atoms with Crippen molar-refractivity contribution in [1.29, 1.82) is 0 Å². The number of aromatic nitrogens is 1. The maximum absolute atomic E-state index is 12.2. The zero-order valence-corrected chi connectivity index (χ0v) is 14.0. The van der Waals surface area contributed by atoms with E-state index in [2.05, 4.69) is 24.1 Å². The standard InChI is InChI=1S/C15H23N3O3S/c1-9(2)12-8-22-13(17-12)5-16-15(21)18-6-10(3)4-11(7-18)14(19)20/h8-11H,4-7H2,1-3H3,(H,16,21)(H,19,20). The normalized spacial score (nSPS) is 21.9. The van der Waals surface area contributed by atoms with Gasteiger partial charge in [0.05, 0.1) is 18.2 Å². The molecule has 7 heteroatoms. The topological polar surface area (TPSA) is 82.5 Å². The number of carbonyl (C=O) groups excluding carboxylic acids is 1. The Bertz CT molecular complexity index is 544. The zero-order chi connectivity index (χ0) is 16.3. The second-order valence-electron chi connectivity index (χ2n) is 6.26. The van der Waals surface area contributed by atoms with Crippen LogP contribution >= 0.6 is 11.3 Å². The maximum atomic E-state index is 12.2. The summed E-state index contributed by atoms with van der Waals surface area (Å²) in [6.45, 7) is 7.41. The van der Waals surface area contributed by atoms with Gasteiger partial charge in [0, 0.05) is 18.5 Å². The van der Waals surface area contributed by atoms with Crippen LogP contribution in [0, 0.1) is 11.8 Å². The fourth-order valence-electron chi connectivity index (χ4n) is 2.63. The molecule has 1 aromatic heterocycles. The molecule has 2 amide bonds. The third-order valence-electron chi connectivity index (χ3n) is 3.85. The summed E-state index contributed by atoms with van der Waals surface area (Å²) in [6, 6.07) is -0.209. The van der Waals surface area contributed by atoms with E-state index in [0.717, 1.165) is 10.7 Å². The number of amides is 2. The molecule has 1 saturated heterocycles. The fourth-order valence-corrected chi connectivity index (χ4v) is 3.53. The Balaban J connectivity index is 1.89. The molecule has 0 radical (unpaired) electrons. The van der Waals surface area contributed by atoms with Gasteiger partial charge >= 0.3 is 12.0 Å². The van der Waals surface area contributed by atoms with Crippen molar-refractivity contribution in [3.63, 3.8) is 0 Å². The van der Waals surface area contributed by atoms with E-state index < -0.39 is 11.9 Å². The number of thiazole rings is 1. The number of carbonyl (C=O) groups is 2. The van der Waals surface area contributed by atoms with E-state index in [1.54, 1.807) is 4.90 Å². The largest absolute Gasteiger partial charge is 0.481 e. The van der Waals surface area contributed by atoms with Crippen molar-refractivity contribution in [3.8, 4) is 0 Å². The van der Waals surface area contributed by atoms with Crippen LogP contribution in [0.15, 0.2) is 5.38 Å². The predicted molar refractivity (Wildman–Crippen MR) is 84.9 cm³/mol. The summed E-state index contributed by atoms with van der Waals surface area (Å²) in [6.07, 6.45) is 0.628. The molecule has 6 nitrogen and oxygen atoms in total. The lowest BCUT2D eigenvalue weighted by atomic mass is 9.91. The van der Waals surface area contributed by atoms with Crippen LogP contribution in [0.2, 0.25) is 0 Å². The van der Waals surface area contributed by atoms with E-state index >= 15 is 0 Å². The number of urea groups is 1. The second-order valence-corrected chi connectivity index (χ2v) is 7.20. The molecule has 0 spiro atoms. The highest BCUT2D eigenvalue weighted by atomic mass is 32.1. The lowest BCUT2D eigenvalue weighted by Crippen LogP contribution is -2.49. The molecule has 2 atom stereocenters. The number of carboxylic acids is 1. The molecule has 0 saturated carbocycles. The Hall–Kier alpha value is -1.63. The Morgan fingerprint density at radius 1 is 1.50 bits per heavy atom. The van der Waals surface area contributed by atoms with Gasteiger partial charge in [0.25, 0.3) is 0 Å². The number of carboxylic acid groups (broad SMARTS) is 1. The van der Waals surface area contributed by atoms with Gasteiger partial charge in [-0.25, -0.2) is 9.78 Å². The average Bonchev–Trinajstić information content (AvgIpc) is 2.93. The van der Waals surface area contributed by atoms with Crippen LogP contribution in [0.5, 0.6) is 0 Å². The summed E-state index contributed by atoms with van der Waals surface area (Å²) in [4.78, 5) is 29.4. The van der Waals surface area contributed by atoms with Crippen molar-refractivity contribution in [2.45, 2.75) is 39.7 Å². The van der Waals surface area contributed by atoms with Crippen molar-refractivity contribution in [2.24, 2.45) is 11.8 Å². The number of rotatable bonds is 4. The van der Waals surface area contributed by atoms with Gasteiger partial charge in [-0.15, -0.1) is 11.3 Å². The van der Waals surface area contributed by atoms with Gasteiger partial charge in [0.15, 0.2) is 0 Å². The minimum absolute atomic E-state index is 0.202. The predicted octanol–water partition coefficient (Wildman–Crippen LogP) is 2.52. The maximum Gasteiger partial charge on any atom is 0.317 e. The van der Waals surface area contributed by atoms with Gasteiger partial charge < -0.3 is 15.3 Å². The number of piperidine rings is 1. The summed E-state index contributed by atoms with van der Waals surface area (Å²) in [5.74, 6) is -0.722. The molecule has 2 heterocycles. The van der Waals surface area contributed by atoms with E-state index in [9.17, 15) is 9.59 Å². The van der Waals surface area contributed by atoms with Gasteiger partial charge in [-0.3, -0.25) is 4.79 Å². The van der Waals surface area contributed by atoms with Gasteiger partial charge in [0.1, 0.15) is 5.01 Å². The van der Waals surface area contributed by atoms with Gasteiger partial charge in [-0.1, -0.05) is 20.8 Å². The Morgan fingerprint density at radius 3 is 2.82 bits per heavy atom. The molecular formula is C15H23N3O3S. The quantitative estimate of drug-likeness (QED) is 0.891. The van der Waals surface area contributed by atoms with Crippen LogP contribution in [-0.4, -0.2) is 40.1 Å². The summed E-state index contributed by atoms with van der Waals surface area (Å²) in [7, 11) is 0. The molecule has 2 unspecified atom stereocenters. The molecule has 2 rings (SSSR count). The Morgan fingerprint density at radius 2 is 2.23 bits per heavy atom. The minimum Gasteiger partial charge on any atom is -0.481 e. The Labute approximate surface area is 134 Å². The van der Waals surface area contributed by atoms with Crippen molar-refractivity contribution in [1.82, 2.24) is 15.2 Å². The Kier molecular flexibility index (Phi) is 5.39. The molecule has 22 heavy (non-hydrogen) atoms. The smallest absolute Gasteiger partial charge is 0.317 e. The molecule has 1 aliphatic rings. The molecule has 2 N–H and O–H groups in total.